The molecule has 2 heterocycles. The highest BCUT2D eigenvalue weighted by molar-refractivity contribution is 5.83. The molecule has 3 aliphatic rings. The first-order valence-corrected chi connectivity index (χ1v) is 7.16. The largest absolute Gasteiger partial charge is 0.372 e. The lowest BCUT2D eigenvalue weighted by atomic mass is 9.91. The van der Waals surface area contributed by atoms with Crippen LogP contribution in [0.4, 0.5) is 0 Å². The number of amides is 1. The van der Waals surface area contributed by atoms with Gasteiger partial charge >= 0.3 is 0 Å². The van der Waals surface area contributed by atoms with Crippen LogP contribution in [0, 0.1) is 11.3 Å². The quantitative estimate of drug-likeness (QED) is 0.757. The van der Waals surface area contributed by atoms with Crippen molar-refractivity contribution >= 4 is 5.91 Å². The van der Waals surface area contributed by atoms with Gasteiger partial charge in [-0.3, -0.25) is 4.79 Å². The molecule has 0 bridgehead atoms. The molecule has 3 fully saturated rings. The van der Waals surface area contributed by atoms with Crippen molar-refractivity contribution in [2.75, 3.05) is 32.8 Å². The van der Waals surface area contributed by atoms with Crippen LogP contribution in [-0.2, 0) is 9.53 Å². The predicted molar refractivity (Wildman–Crippen MR) is 69.3 cm³/mol. The van der Waals surface area contributed by atoms with Gasteiger partial charge in [0, 0.05) is 19.0 Å². The van der Waals surface area contributed by atoms with Crippen molar-refractivity contribution < 1.29 is 9.53 Å². The number of nitrogens with zero attached hydrogens (tertiary/aromatic N) is 1. The lowest BCUT2D eigenvalue weighted by Gasteiger charge is -2.38. The molecule has 2 saturated heterocycles. The van der Waals surface area contributed by atoms with Crippen molar-refractivity contribution in [1.29, 1.82) is 0 Å². The van der Waals surface area contributed by atoms with E-state index < -0.39 is 0 Å². The molecule has 1 N–H and O–H groups in total. The number of hydrogen-bond acceptors (Lipinski definition) is 3. The van der Waals surface area contributed by atoms with Gasteiger partial charge in [-0.15, -0.1) is 0 Å². The fraction of sp³-hybridized carbons (Fsp3) is 0.929. The highest BCUT2D eigenvalue weighted by atomic mass is 16.5. The second-order valence-electron chi connectivity index (χ2n) is 6.74. The van der Waals surface area contributed by atoms with Crippen molar-refractivity contribution in [2.24, 2.45) is 11.3 Å². The molecule has 1 aliphatic carbocycles. The maximum absolute atomic E-state index is 12.6. The third-order valence-electron chi connectivity index (χ3n) is 4.82. The summed E-state index contributed by atoms with van der Waals surface area (Å²) in [6.45, 7) is 8.50. The standard InChI is InChI=1S/C14H24N2O2/c1-13(2)10-16(7-8-18-13)12(17)11-9-14(11)3-5-15-6-4-14/h11,15H,3-10H2,1-2H3. The molecular weight excluding hydrogens is 228 g/mol. The molecule has 2 aliphatic heterocycles. The molecule has 3 rings (SSSR count). The van der Waals surface area contributed by atoms with Crippen molar-refractivity contribution in [2.45, 2.75) is 38.7 Å². The predicted octanol–water partition coefficient (Wildman–Crippen LogP) is 1.01. The van der Waals surface area contributed by atoms with Gasteiger partial charge in [0.25, 0.3) is 0 Å². The van der Waals surface area contributed by atoms with Crippen molar-refractivity contribution in [1.82, 2.24) is 10.2 Å². The van der Waals surface area contributed by atoms with Crippen LogP contribution in [0.2, 0.25) is 0 Å². The Morgan fingerprint density at radius 1 is 1.33 bits per heavy atom. The van der Waals surface area contributed by atoms with Crippen LogP contribution in [0.1, 0.15) is 33.1 Å². The fourth-order valence-corrected chi connectivity index (χ4v) is 3.60. The zero-order valence-electron chi connectivity index (χ0n) is 11.5. The van der Waals surface area contributed by atoms with Gasteiger partial charge < -0.3 is 15.0 Å². The summed E-state index contributed by atoms with van der Waals surface area (Å²) in [6.07, 6.45) is 3.47. The topological polar surface area (TPSA) is 41.6 Å². The summed E-state index contributed by atoms with van der Waals surface area (Å²) in [5, 5.41) is 3.39. The summed E-state index contributed by atoms with van der Waals surface area (Å²) >= 11 is 0. The van der Waals surface area contributed by atoms with Gasteiger partial charge in [0.2, 0.25) is 5.91 Å². The molecule has 0 aromatic carbocycles. The molecule has 18 heavy (non-hydrogen) atoms. The molecule has 0 aromatic rings. The van der Waals surface area contributed by atoms with E-state index >= 15 is 0 Å². The molecule has 1 saturated carbocycles. The molecule has 4 heteroatoms. The fourth-order valence-electron chi connectivity index (χ4n) is 3.60. The van der Waals surface area contributed by atoms with Crippen LogP contribution in [0.25, 0.3) is 0 Å². The number of carbonyl (C=O) groups excluding carboxylic acids is 1. The maximum Gasteiger partial charge on any atom is 0.226 e. The summed E-state index contributed by atoms with van der Waals surface area (Å²) in [4.78, 5) is 14.6. The number of carbonyl (C=O) groups is 1. The Labute approximate surface area is 109 Å². The molecule has 102 valence electrons. The first kappa shape index (κ1) is 12.4. The summed E-state index contributed by atoms with van der Waals surface area (Å²) in [5.41, 5.74) is 0.175. The SMILES string of the molecule is CC1(C)CN(C(=O)C2CC23CCNCC3)CCO1. The van der Waals surface area contributed by atoms with Gasteiger partial charge in [0.15, 0.2) is 0 Å². The highest BCUT2D eigenvalue weighted by Gasteiger charge is 2.58. The first-order valence-electron chi connectivity index (χ1n) is 7.16. The number of ether oxygens (including phenoxy) is 1. The second-order valence-corrected chi connectivity index (χ2v) is 6.74. The van der Waals surface area contributed by atoms with Crippen molar-refractivity contribution in [3.63, 3.8) is 0 Å². The minimum atomic E-state index is -0.177. The Balaban J connectivity index is 1.62. The number of hydrogen-bond donors (Lipinski definition) is 1. The Morgan fingerprint density at radius 3 is 2.72 bits per heavy atom. The molecular formula is C14H24N2O2. The molecule has 1 amide bonds. The van der Waals surface area contributed by atoms with E-state index in [0.717, 1.165) is 32.6 Å². The second kappa shape index (κ2) is 4.20. The monoisotopic (exact) mass is 252 g/mol. The van der Waals surface area contributed by atoms with Gasteiger partial charge in [-0.05, 0) is 51.6 Å². The van der Waals surface area contributed by atoms with E-state index in [1.807, 2.05) is 4.90 Å². The molecule has 0 radical (unpaired) electrons. The van der Waals surface area contributed by atoms with Gasteiger partial charge in [0.1, 0.15) is 0 Å². The maximum atomic E-state index is 12.6. The van der Waals surface area contributed by atoms with Gasteiger partial charge in [-0.25, -0.2) is 0 Å². The van der Waals surface area contributed by atoms with Gasteiger partial charge in [0.05, 0.1) is 12.2 Å². The van der Waals surface area contributed by atoms with E-state index in [2.05, 4.69) is 19.2 Å². The third-order valence-corrected chi connectivity index (χ3v) is 4.82. The molecule has 1 unspecified atom stereocenters. The molecule has 1 atom stereocenters. The summed E-state index contributed by atoms with van der Waals surface area (Å²) < 4.78 is 5.68. The number of rotatable bonds is 1. The van der Waals surface area contributed by atoms with Crippen LogP contribution < -0.4 is 5.32 Å². The minimum absolute atomic E-state index is 0.177. The van der Waals surface area contributed by atoms with Crippen LogP contribution in [0.5, 0.6) is 0 Å². The Kier molecular flexibility index (Phi) is 2.90. The van der Waals surface area contributed by atoms with Crippen molar-refractivity contribution in [3.8, 4) is 0 Å². The lowest BCUT2D eigenvalue weighted by molar-refractivity contribution is -0.148. The smallest absolute Gasteiger partial charge is 0.226 e. The van der Waals surface area contributed by atoms with Crippen LogP contribution in [0.15, 0.2) is 0 Å². The summed E-state index contributed by atoms with van der Waals surface area (Å²) in [7, 11) is 0. The van der Waals surface area contributed by atoms with E-state index in [1.54, 1.807) is 0 Å². The van der Waals surface area contributed by atoms with Crippen LogP contribution in [-0.4, -0.2) is 49.2 Å². The van der Waals surface area contributed by atoms with E-state index in [-0.39, 0.29) is 5.60 Å². The van der Waals surface area contributed by atoms with Crippen LogP contribution in [0.3, 0.4) is 0 Å². The average molecular weight is 252 g/mol. The number of piperidine rings is 1. The minimum Gasteiger partial charge on any atom is -0.372 e. The third kappa shape index (κ3) is 2.16. The van der Waals surface area contributed by atoms with E-state index in [1.165, 1.54) is 12.8 Å². The Bertz CT molecular complexity index is 348. The Morgan fingerprint density at radius 2 is 2.06 bits per heavy atom. The summed E-state index contributed by atoms with van der Waals surface area (Å²) in [5.74, 6) is 0.682. The first-order chi connectivity index (χ1) is 8.53. The Hall–Kier alpha value is -0.610. The number of morpholine rings is 1. The van der Waals surface area contributed by atoms with E-state index in [4.69, 9.17) is 4.74 Å². The van der Waals surface area contributed by atoms with E-state index in [0.29, 0.717) is 23.8 Å². The van der Waals surface area contributed by atoms with Crippen molar-refractivity contribution in [3.05, 3.63) is 0 Å². The normalized spacial score (nSPS) is 33.4. The van der Waals surface area contributed by atoms with Gasteiger partial charge in [-0.1, -0.05) is 0 Å². The van der Waals surface area contributed by atoms with Gasteiger partial charge in [-0.2, -0.15) is 0 Å². The highest BCUT2D eigenvalue weighted by Crippen LogP contribution is 2.59. The molecule has 4 nitrogen and oxygen atoms in total. The van der Waals surface area contributed by atoms with E-state index in [9.17, 15) is 4.79 Å². The average Bonchev–Trinajstić information content (AvgIpc) is 3.01. The zero-order chi connectivity index (χ0) is 12.8. The molecule has 1 spiro atoms. The zero-order valence-corrected chi connectivity index (χ0v) is 11.5. The summed E-state index contributed by atoms with van der Waals surface area (Å²) in [6, 6.07) is 0. The number of nitrogens with one attached hydrogen (secondary N) is 1. The lowest BCUT2D eigenvalue weighted by Crippen LogP contribution is -2.51. The van der Waals surface area contributed by atoms with Crippen LogP contribution >= 0.6 is 0 Å². The molecule has 0 aromatic heterocycles.